The van der Waals surface area contributed by atoms with Crippen molar-refractivity contribution in [2.24, 2.45) is 5.92 Å². The molecule has 0 spiro atoms. The van der Waals surface area contributed by atoms with Crippen LogP contribution in [0.3, 0.4) is 0 Å². The van der Waals surface area contributed by atoms with Crippen LogP contribution in [-0.2, 0) is 0 Å². The Hall–Kier alpha value is -1.66. The highest BCUT2D eigenvalue weighted by molar-refractivity contribution is 5.98. The summed E-state index contributed by atoms with van der Waals surface area (Å²) >= 11 is 0. The number of fused-ring (bicyclic) bond motifs is 1. The summed E-state index contributed by atoms with van der Waals surface area (Å²) in [4.78, 5) is 11.7. The van der Waals surface area contributed by atoms with Gasteiger partial charge in [-0.2, -0.15) is 5.10 Å². The third-order valence-corrected chi connectivity index (χ3v) is 3.88. The molecular weight excluding hydrogens is 254 g/mol. The third kappa shape index (κ3) is 2.06. The number of hydrogen-bond donors (Lipinski definition) is 2. The van der Waals surface area contributed by atoms with Crippen LogP contribution in [-0.4, -0.2) is 35.2 Å². The summed E-state index contributed by atoms with van der Waals surface area (Å²) in [5.74, 6) is 0.563. The van der Waals surface area contributed by atoms with Crippen molar-refractivity contribution in [1.29, 1.82) is 0 Å². The van der Waals surface area contributed by atoms with Crippen LogP contribution in [0.1, 0.15) is 35.7 Å². The number of nitrogens with one attached hydrogen (secondary N) is 2. The number of nitrogens with zero attached hydrogens (tertiary/aromatic N) is 2. The molecule has 2 N–H and O–H groups in total. The first-order valence-corrected chi connectivity index (χ1v) is 6.46. The molecule has 2 atom stereocenters. The lowest BCUT2D eigenvalue weighted by Gasteiger charge is -2.32. The van der Waals surface area contributed by atoms with E-state index in [-0.39, 0.29) is 11.9 Å². The number of rotatable bonds is 3. The van der Waals surface area contributed by atoms with E-state index in [4.69, 9.17) is 0 Å². The van der Waals surface area contributed by atoms with Crippen molar-refractivity contribution in [2.75, 3.05) is 12.4 Å². The molecule has 1 aromatic rings. The predicted molar refractivity (Wildman–Crippen MR) is 65.4 cm³/mol. The molecule has 0 saturated heterocycles. The molecule has 104 valence electrons. The van der Waals surface area contributed by atoms with E-state index in [0.717, 1.165) is 12.8 Å². The van der Waals surface area contributed by atoms with Gasteiger partial charge < -0.3 is 10.6 Å². The van der Waals surface area contributed by atoms with Gasteiger partial charge in [-0.25, -0.2) is 13.5 Å². The van der Waals surface area contributed by atoms with Gasteiger partial charge in [0, 0.05) is 13.1 Å². The van der Waals surface area contributed by atoms with Gasteiger partial charge in [0.2, 0.25) is 0 Å². The molecule has 2 aliphatic rings. The lowest BCUT2D eigenvalue weighted by molar-refractivity contribution is 0.0644. The van der Waals surface area contributed by atoms with Crippen LogP contribution >= 0.6 is 0 Å². The van der Waals surface area contributed by atoms with E-state index in [2.05, 4.69) is 15.7 Å². The van der Waals surface area contributed by atoms with Crippen LogP contribution in [0.15, 0.2) is 6.20 Å². The van der Waals surface area contributed by atoms with Crippen LogP contribution in [0.4, 0.5) is 14.6 Å². The summed E-state index contributed by atoms with van der Waals surface area (Å²) in [6, 6.07) is -0.924. The van der Waals surface area contributed by atoms with Gasteiger partial charge in [0.15, 0.2) is 0 Å². The predicted octanol–water partition coefficient (Wildman–Crippen LogP) is 1.64. The summed E-state index contributed by atoms with van der Waals surface area (Å²) in [5.41, 5.74) is 0.332. The molecule has 0 bridgehead atoms. The highest BCUT2D eigenvalue weighted by Gasteiger charge is 2.41. The molecule has 1 saturated carbocycles. The molecule has 1 aromatic heterocycles. The average Bonchev–Trinajstić information content (AvgIpc) is 3.16. The number of halogens is 2. The summed E-state index contributed by atoms with van der Waals surface area (Å²) in [6.07, 6.45) is 1.38. The zero-order valence-electron chi connectivity index (χ0n) is 10.6. The highest BCUT2D eigenvalue weighted by atomic mass is 19.3. The van der Waals surface area contributed by atoms with Gasteiger partial charge in [0.25, 0.3) is 12.3 Å². The van der Waals surface area contributed by atoms with Crippen molar-refractivity contribution in [1.82, 2.24) is 15.1 Å². The van der Waals surface area contributed by atoms with E-state index in [1.807, 2.05) is 0 Å². The van der Waals surface area contributed by atoms with Gasteiger partial charge in [-0.3, -0.25) is 4.79 Å². The lowest BCUT2D eigenvalue weighted by atomic mass is 10.0. The Balaban J connectivity index is 1.97. The van der Waals surface area contributed by atoms with Gasteiger partial charge >= 0.3 is 0 Å². The van der Waals surface area contributed by atoms with Crippen molar-refractivity contribution in [3.8, 4) is 0 Å². The van der Waals surface area contributed by atoms with E-state index < -0.39 is 12.5 Å². The van der Waals surface area contributed by atoms with E-state index >= 15 is 0 Å². The molecule has 0 unspecified atom stereocenters. The number of carbonyl (C=O) groups is 1. The van der Waals surface area contributed by atoms with Crippen LogP contribution in [0.2, 0.25) is 0 Å². The molecular formula is C12H16F2N4O. The first kappa shape index (κ1) is 12.4. The fourth-order valence-corrected chi connectivity index (χ4v) is 2.67. The zero-order chi connectivity index (χ0) is 13.6. The Labute approximate surface area is 109 Å². The molecule has 1 fully saturated rings. The topological polar surface area (TPSA) is 59.0 Å². The molecule has 1 aliphatic carbocycles. The fourth-order valence-electron chi connectivity index (χ4n) is 2.67. The van der Waals surface area contributed by atoms with Gasteiger partial charge in [-0.15, -0.1) is 0 Å². The minimum atomic E-state index is -2.47. The number of hydrogen-bond acceptors (Lipinski definition) is 3. The molecule has 7 heteroatoms. The van der Waals surface area contributed by atoms with Gasteiger partial charge in [-0.05, 0) is 25.2 Å². The smallest absolute Gasteiger partial charge is 0.260 e. The van der Waals surface area contributed by atoms with Crippen LogP contribution in [0, 0.1) is 5.92 Å². The van der Waals surface area contributed by atoms with E-state index in [1.54, 1.807) is 0 Å². The minimum absolute atomic E-state index is 0.0200. The quantitative estimate of drug-likeness (QED) is 0.878. The molecule has 3 rings (SSSR count). The number of amides is 1. The number of alkyl halides is 2. The summed E-state index contributed by atoms with van der Waals surface area (Å²) < 4.78 is 27.6. The Morgan fingerprint density at radius 2 is 2.32 bits per heavy atom. The Morgan fingerprint density at radius 3 is 2.89 bits per heavy atom. The summed E-state index contributed by atoms with van der Waals surface area (Å²) in [6.45, 7) is 0. The van der Waals surface area contributed by atoms with Crippen molar-refractivity contribution in [3.63, 3.8) is 0 Å². The Kier molecular flexibility index (Phi) is 2.91. The molecule has 1 aliphatic heterocycles. The van der Waals surface area contributed by atoms with E-state index in [0.29, 0.717) is 23.7 Å². The maximum atomic E-state index is 13.2. The SMILES string of the molecule is CNC(=O)c1cnn2c1N[C@@H](C1CC1)C[C@H]2C(F)F. The van der Waals surface area contributed by atoms with Gasteiger partial charge in [-0.1, -0.05) is 0 Å². The normalized spacial score (nSPS) is 25.9. The van der Waals surface area contributed by atoms with E-state index in [9.17, 15) is 13.6 Å². The molecule has 1 amide bonds. The number of aromatic nitrogens is 2. The molecule has 0 aromatic carbocycles. The van der Waals surface area contributed by atoms with Crippen LogP contribution in [0.5, 0.6) is 0 Å². The molecule has 2 heterocycles. The largest absolute Gasteiger partial charge is 0.367 e. The molecule has 19 heavy (non-hydrogen) atoms. The van der Waals surface area contributed by atoms with Crippen LogP contribution < -0.4 is 10.6 Å². The van der Waals surface area contributed by atoms with Crippen molar-refractivity contribution in [3.05, 3.63) is 11.8 Å². The summed E-state index contributed by atoms with van der Waals surface area (Å²) in [7, 11) is 1.51. The fraction of sp³-hybridized carbons (Fsp3) is 0.667. The molecule has 0 radical (unpaired) electrons. The number of carbonyl (C=O) groups excluding carboxylic acids is 1. The molecule has 5 nitrogen and oxygen atoms in total. The summed E-state index contributed by atoms with van der Waals surface area (Å²) in [5, 5.41) is 9.67. The van der Waals surface area contributed by atoms with Gasteiger partial charge in [0.05, 0.1) is 6.20 Å². The number of anilines is 1. The van der Waals surface area contributed by atoms with Crippen LogP contribution in [0.25, 0.3) is 0 Å². The van der Waals surface area contributed by atoms with Crippen molar-refractivity contribution >= 4 is 11.7 Å². The van der Waals surface area contributed by atoms with Crippen molar-refractivity contribution in [2.45, 2.75) is 37.8 Å². The minimum Gasteiger partial charge on any atom is -0.367 e. The second-order valence-electron chi connectivity index (χ2n) is 5.16. The van der Waals surface area contributed by atoms with Gasteiger partial charge in [0.1, 0.15) is 17.4 Å². The lowest BCUT2D eigenvalue weighted by Crippen LogP contribution is -2.37. The maximum Gasteiger partial charge on any atom is 0.260 e. The second kappa shape index (κ2) is 4.47. The average molecular weight is 270 g/mol. The van der Waals surface area contributed by atoms with E-state index in [1.165, 1.54) is 17.9 Å². The second-order valence-corrected chi connectivity index (χ2v) is 5.16. The maximum absolute atomic E-state index is 13.2. The van der Waals surface area contributed by atoms with Crippen molar-refractivity contribution < 1.29 is 13.6 Å². The zero-order valence-corrected chi connectivity index (χ0v) is 10.6. The monoisotopic (exact) mass is 270 g/mol. The Morgan fingerprint density at radius 1 is 1.58 bits per heavy atom. The standard InChI is InChI=1S/C12H16F2N4O/c1-15-12(19)7-5-16-18-9(10(13)14)4-8(6-2-3-6)17-11(7)18/h5-6,8-10,17H,2-4H2,1H3,(H,15,19)/t8-,9+/m1/s1. The first-order chi connectivity index (χ1) is 9.11. The first-order valence-electron chi connectivity index (χ1n) is 6.46. The Bertz CT molecular complexity index is 498. The highest BCUT2D eigenvalue weighted by Crippen LogP contribution is 2.42. The third-order valence-electron chi connectivity index (χ3n) is 3.88.